The molecule has 0 unspecified atom stereocenters. The summed E-state index contributed by atoms with van der Waals surface area (Å²) in [5.41, 5.74) is -1.26. The van der Waals surface area contributed by atoms with Crippen LogP contribution in [0, 0.1) is 11.7 Å². The molecule has 1 aliphatic rings. The zero-order valence-electron chi connectivity index (χ0n) is 18.2. The number of alkyl carbamates (subject to hydrolysis) is 1. The molecule has 1 saturated carbocycles. The predicted molar refractivity (Wildman–Crippen MR) is 114 cm³/mol. The Labute approximate surface area is 188 Å². The number of carbonyl (C=O) groups excluding carboxylic acids is 2. The predicted octanol–water partition coefficient (Wildman–Crippen LogP) is 5.12. The highest BCUT2D eigenvalue weighted by Gasteiger charge is 2.51. The molecular weight excluding hydrogens is 442 g/mol. The summed E-state index contributed by atoms with van der Waals surface area (Å²) in [5, 5.41) is 8.01. The van der Waals surface area contributed by atoms with E-state index < -0.39 is 29.2 Å². The van der Waals surface area contributed by atoms with Crippen molar-refractivity contribution >= 4 is 23.4 Å². The molecule has 0 aliphatic heterocycles. The number of hydrogen-bond acceptors (Lipinski definition) is 4. The Morgan fingerprint density at radius 2 is 1.76 bits per heavy atom. The molecule has 178 valence electrons. The fourth-order valence-electron chi connectivity index (χ4n) is 3.08. The van der Waals surface area contributed by atoms with Gasteiger partial charge in [0.05, 0.1) is 17.9 Å². The van der Waals surface area contributed by atoms with Gasteiger partial charge in [-0.05, 0) is 54.7 Å². The zero-order valence-corrected chi connectivity index (χ0v) is 18.2. The number of rotatable bonds is 8. The Kier molecular flexibility index (Phi) is 7.14. The normalized spacial score (nSPS) is 14.5. The van der Waals surface area contributed by atoms with Crippen molar-refractivity contribution in [1.29, 1.82) is 0 Å². The van der Waals surface area contributed by atoms with Gasteiger partial charge >= 0.3 is 12.3 Å². The lowest BCUT2D eigenvalue weighted by Crippen LogP contribution is -2.49. The van der Waals surface area contributed by atoms with Crippen LogP contribution in [0.3, 0.4) is 0 Å². The molecule has 0 radical (unpaired) electrons. The van der Waals surface area contributed by atoms with Crippen LogP contribution in [0.2, 0.25) is 0 Å². The van der Waals surface area contributed by atoms with Crippen molar-refractivity contribution in [2.24, 2.45) is 5.92 Å². The molecule has 1 aliphatic carbocycles. The lowest BCUT2D eigenvalue weighted by molar-refractivity contribution is -0.137. The molecule has 2 aromatic rings. The van der Waals surface area contributed by atoms with Gasteiger partial charge in [0.2, 0.25) is 5.91 Å². The third-order valence-corrected chi connectivity index (χ3v) is 5.05. The molecule has 2 amide bonds. The molecule has 0 spiro atoms. The molecule has 0 atom stereocenters. The van der Waals surface area contributed by atoms with Crippen LogP contribution in [-0.4, -0.2) is 24.1 Å². The van der Waals surface area contributed by atoms with E-state index in [2.05, 4.69) is 16.0 Å². The van der Waals surface area contributed by atoms with E-state index in [1.807, 2.05) is 13.8 Å². The van der Waals surface area contributed by atoms with Crippen molar-refractivity contribution in [2.75, 3.05) is 11.9 Å². The molecule has 2 aromatic carbocycles. The maximum Gasteiger partial charge on any atom is 0.418 e. The van der Waals surface area contributed by atoms with Gasteiger partial charge in [0.25, 0.3) is 0 Å². The van der Waals surface area contributed by atoms with Crippen LogP contribution < -0.4 is 16.0 Å². The fourth-order valence-corrected chi connectivity index (χ4v) is 3.08. The minimum atomic E-state index is -4.71. The lowest BCUT2D eigenvalue weighted by Gasteiger charge is -2.18. The monoisotopic (exact) mass is 467 g/mol. The Hall–Kier alpha value is -3.30. The number of anilines is 2. The van der Waals surface area contributed by atoms with E-state index in [0.29, 0.717) is 30.2 Å². The number of carbonyl (C=O) groups is 2. The topological polar surface area (TPSA) is 79.5 Å². The van der Waals surface area contributed by atoms with E-state index in [0.717, 1.165) is 12.1 Å². The van der Waals surface area contributed by atoms with E-state index >= 15 is 0 Å². The second-order valence-corrected chi connectivity index (χ2v) is 8.39. The Bertz CT molecular complexity index is 1000. The van der Waals surface area contributed by atoms with Gasteiger partial charge in [-0.15, -0.1) is 0 Å². The van der Waals surface area contributed by atoms with Gasteiger partial charge in [-0.25, -0.2) is 9.18 Å². The second-order valence-electron chi connectivity index (χ2n) is 8.39. The quantitative estimate of drug-likeness (QED) is 0.471. The highest BCUT2D eigenvalue weighted by atomic mass is 19.4. The molecule has 0 bridgehead atoms. The van der Waals surface area contributed by atoms with Crippen LogP contribution in [0.5, 0.6) is 0 Å². The van der Waals surface area contributed by atoms with E-state index in [-0.39, 0.29) is 30.7 Å². The van der Waals surface area contributed by atoms with Gasteiger partial charge in [-0.2, -0.15) is 13.2 Å². The first-order valence-electron chi connectivity index (χ1n) is 10.4. The first-order chi connectivity index (χ1) is 15.5. The van der Waals surface area contributed by atoms with Gasteiger partial charge in [-0.3, -0.25) is 4.79 Å². The van der Waals surface area contributed by atoms with Crippen molar-refractivity contribution in [3.05, 3.63) is 59.4 Å². The van der Waals surface area contributed by atoms with Gasteiger partial charge in [-0.1, -0.05) is 26.0 Å². The zero-order chi connectivity index (χ0) is 24.2. The highest BCUT2D eigenvalue weighted by Crippen LogP contribution is 2.37. The maximum atomic E-state index is 13.3. The number of hydrogen-bond donors (Lipinski definition) is 3. The number of alkyl halides is 3. The summed E-state index contributed by atoms with van der Waals surface area (Å²) in [7, 11) is 0. The fraction of sp³-hybridized carbons (Fsp3) is 0.391. The Morgan fingerprint density at radius 1 is 1.09 bits per heavy atom. The van der Waals surface area contributed by atoms with Crippen LogP contribution in [0.4, 0.5) is 33.7 Å². The van der Waals surface area contributed by atoms with Crippen LogP contribution in [0.25, 0.3) is 0 Å². The minimum Gasteiger partial charge on any atom is -0.449 e. The number of halogens is 4. The molecule has 10 heteroatoms. The molecule has 0 saturated heterocycles. The summed E-state index contributed by atoms with van der Waals surface area (Å²) in [4.78, 5) is 24.4. The summed E-state index contributed by atoms with van der Waals surface area (Å²) in [6, 6.07) is 8.81. The van der Waals surface area contributed by atoms with Crippen molar-refractivity contribution < 1.29 is 31.9 Å². The molecule has 1 fully saturated rings. The molecule has 6 nitrogen and oxygen atoms in total. The number of amides is 2. The average molecular weight is 467 g/mol. The standard InChI is InChI=1S/C23H25F4N3O3/c1-14(2)13-33-21(32)30-22(9-10-22)20(31)28-12-15-3-6-17(7-4-15)29-19-8-5-16(24)11-18(19)23(25,26)27/h3-8,11,14,29H,9-10,12-13H2,1-2H3,(H,28,31)(H,30,32). The smallest absolute Gasteiger partial charge is 0.418 e. The molecule has 0 heterocycles. The van der Waals surface area contributed by atoms with Gasteiger partial charge in [0.15, 0.2) is 0 Å². The second kappa shape index (κ2) is 9.68. The summed E-state index contributed by atoms with van der Waals surface area (Å²) in [6.07, 6.45) is -4.32. The van der Waals surface area contributed by atoms with Gasteiger partial charge in [0, 0.05) is 12.2 Å². The van der Waals surface area contributed by atoms with Crippen molar-refractivity contribution in [3.63, 3.8) is 0 Å². The molecule has 3 rings (SSSR count). The van der Waals surface area contributed by atoms with E-state index in [9.17, 15) is 27.2 Å². The number of benzene rings is 2. The van der Waals surface area contributed by atoms with Gasteiger partial charge < -0.3 is 20.7 Å². The first-order valence-corrected chi connectivity index (χ1v) is 10.4. The van der Waals surface area contributed by atoms with Crippen LogP contribution in [-0.2, 0) is 22.3 Å². The molecule has 0 aromatic heterocycles. The largest absolute Gasteiger partial charge is 0.449 e. The Morgan fingerprint density at radius 3 is 2.33 bits per heavy atom. The van der Waals surface area contributed by atoms with E-state index in [1.54, 1.807) is 24.3 Å². The summed E-state index contributed by atoms with van der Waals surface area (Å²) in [5.74, 6) is -1.12. The number of ether oxygens (including phenoxy) is 1. The lowest BCUT2D eigenvalue weighted by atomic mass is 10.1. The van der Waals surface area contributed by atoms with Gasteiger partial charge in [0.1, 0.15) is 11.4 Å². The summed E-state index contributed by atoms with van der Waals surface area (Å²) >= 11 is 0. The third kappa shape index (κ3) is 6.59. The minimum absolute atomic E-state index is 0.175. The molecule has 3 N–H and O–H groups in total. The average Bonchev–Trinajstić information content (AvgIpc) is 3.52. The Balaban J connectivity index is 1.55. The summed E-state index contributed by atoms with van der Waals surface area (Å²) < 4.78 is 57.8. The molecule has 33 heavy (non-hydrogen) atoms. The van der Waals surface area contributed by atoms with Crippen LogP contribution >= 0.6 is 0 Å². The van der Waals surface area contributed by atoms with Crippen LogP contribution in [0.1, 0.15) is 37.8 Å². The molecular formula is C23H25F4N3O3. The van der Waals surface area contributed by atoms with E-state index in [1.165, 1.54) is 0 Å². The third-order valence-electron chi connectivity index (χ3n) is 5.05. The van der Waals surface area contributed by atoms with Crippen molar-refractivity contribution in [3.8, 4) is 0 Å². The summed E-state index contributed by atoms with van der Waals surface area (Å²) in [6.45, 7) is 4.24. The maximum absolute atomic E-state index is 13.3. The van der Waals surface area contributed by atoms with E-state index in [4.69, 9.17) is 4.74 Å². The number of nitrogens with one attached hydrogen (secondary N) is 3. The first kappa shape index (κ1) is 24.3. The SMILES string of the molecule is CC(C)COC(=O)NC1(C(=O)NCc2ccc(Nc3ccc(F)cc3C(F)(F)F)cc2)CC1. The highest BCUT2D eigenvalue weighted by molar-refractivity contribution is 5.92. The van der Waals surface area contributed by atoms with Crippen molar-refractivity contribution in [2.45, 2.75) is 44.9 Å². The van der Waals surface area contributed by atoms with Crippen molar-refractivity contribution in [1.82, 2.24) is 10.6 Å². The van der Waals surface area contributed by atoms with Crippen LogP contribution in [0.15, 0.2) is 42.5 Å².